The number of rotatable bonds is 8. The van der Waals surface area contributed by atoms with Crippen LogP contribution in [0.5, 0.6) is 0 Å². The number of carbonyl (C=O) groups excluding carboxylic acids is 2. The molecule has 1 N–H and O–H groups in total. The summed E-state index contributed by atoms with van der Waals surface area (Å²) in [5.41, 5.74) is -0.241. The van der Waals surface area contributed by atoms with Crippen LogP contribution in [0.3, 0.4) is 0 Å². The molecule has 0 saturated heterocycles. The first-order valence-electron chi connectivity index (χ1n) is 10.6. The van der Waals surface area contributed by atoms with Gasteiger partial charge in [0, 0.05) is 11.3 Å². The number of alkyl halides is 3. The summed E-state index contributed by atoms with van der Waals surface area (Å²) in [6, 6.07) is 16.7. The lowest BCUT2D eigenvalue weighted by atomic mass is 10.1. The Kier molecular flexibility index (Phi) is 8.42. The van der Waals surface area contributed by atoms with Crippen molar-refractivity contribution >= 4 is 39.0 Å². The fourth-order valence-corrected chi connectivity index (χ4v) is 4.65. The molecule has 0 saturated carbocycles. The lowest BCUT2D eigenvalue weighted by molar-refractivity contribution is -0.154. The number of ether oxygens (including phenoxy) is 1. The predicted molar refractivity (Wildman–Crippen MR) is 128 cm³/mol. The average Bonchev–Trinajstić information content (AvgIpc) is 2.82. The smallest absolute Gasteiger partial charge is 0.417 e. The molecule has 0 radical (unpaired) electrons. The molecule has 190 valence electrons. The van der Waals surface area contributed by atoms with Gasteiger partial charge in [-0.25, -0.2) is 8.42 Å². The molecule has 1 atom stereocenters. The van der Waals surface area contributed by atoms with Gasteiger partial charge in [0.1, 0.15) is 0 Å². The van der Waals surface area contributed by atoms with Crippen LogP contribution in [0.2, 0.25) is 5.02 Å². The molecular weight excluding hydrogens is 519 g/mol. The Balaban J connectivity index is 1.76. The largest absolute Gasteiger partial charge is 0.447 e. The minimum absolute atomic E-state index is 0.0430. The third-order valence-corrected chi connectivity index (χ3v) is 7.15. The van der Waals surface area contributed by atoms with Gasteiger partial charge in [0.05, 0.1) is 27.7 Å². The summed E-state index contributed by atoms with van der Waals surface area (Å²) < 4.78 is 69.8. The van der Waals surface area contributed by atoms with E-state index in [-0.39, 0.29) is 16.1 Å². The Morgan fingerprint density at radius 3 is 2.25 bits per heavy atom. The molecule has 0 fully saturated rings. The van der Waals surface area contributed by atoms with Crippen molar-refractivity contribution in [1.29, 1.82) is 0 Å². The highest BCUT2D eigenvalue weighted by Crippen LogP contribution is 2.36. The molecule has 0 aliphatic rings. The maximum absolute atomic E-state index is 13.2. The van der Waals surface area contributed by atoms with Gasteiger partial charge < -0.3 is 10.1 Å². The second-order valence-electron chi connectivity index (χ2n) is 7.84. The minimum Gasteiger partial charge on any atom is -0.447 e. The number of halogens is 4. The molecule has 3 rings (SSSR count). The van der Waals surface area contributed by atoms with Crippen LogP contribution in [0.1, 0.15) is 29.2 Å². The Labute approximate surface area is 211 Å². The van der Waals surface area contributed by atoms with E-state index in [0.717, 1.165) is 11.6 Å². The number of benzene rings is 3. The number of nitrogens with one attached hydrogen (secondary N) is 1. The zero-order chi connectivity index (χ0) is 26.5. The van der Waals surface area contributed by atoms with E-state index < -0.39 is 56.8 Å². The van der Waals surface area contributed by atoms with E-state index in [1.807, 2.05) is 0 Å². The van der Waals surface area contributed by atoms with Gasteiger partial charge in [0.15, 0.2) is 9.84 Å². The Bertz CT molecular complexity index is 1340. The summed E-state index contributed by atoms with van der Waals surface area (Å²) in [7, 11) is -3.78. The number of anilines is 1. The summed E-state index contributed by atoms with van der Waals surface area (Å²) in [6.45, 7) is 1.80. The monoisotopic (exact) mass is 539 g/mol. The van der Waals surface area contributed by atoms with Crippen molar-refractivity contribution in [3.63, 3.8) is 0 Å². The van der Waals surface area contributed by atoms with Gasteiger partial charge in [-0.15, -0.1) is 0 Å². The molecule has 6 nitrogen and oxygen atoms in total. The number of hydrogen-bond donors (Lipinski definition) is 1. The number of esters is 1. The first-order valence-corrected chi connectivity index (χ1v) is 12.6. The van der Waals surface area contributed by atoms with E-state index in [1.165, 1.54) is 30.3 Å². The molecule has 0 aliphatic carbocycles. The van der Waals surface area contributed by atoms with E-state index in [1.54, 1.807) is 37.3 Å². The zero-order valence-electron chi connectivity index (χ0n) is 18.9. The third-order valence-electron chi connectivity index (χ3n) is 5.08. The molecule has 0 bridgehead atoms. The fourth-order valence-electron chi connectivity index (χ4n) is 3.20. The molecular formula is C25H21ClF3NO5S. The molecule has 11 heteroatoms. The highest BCUT2D eigenvalue weighted by Gasteiger charge is 2.34. The van der Waals surface area contributed by atoms with Crippen molar-refractivity contribution in [2.45, 2.75) is 30.5 Å². The molecule has 0 heterocycles. The van der Waals surface area contributed by atoms with Gasteiger partial charge in [0.2, 0.25) is 6.10 Å². The number of hydrogen-bond acceptors (Lipinski definition) is 5. The number of sulfone groups is 1. The van der Waals surface area contributed by atoms with Crippen LogP contribution in [0.25, 0.3) is 0 Å². The van der Waals surface area contributed by atoms with Gasteiger partial charge in [-0.3, -0.25) is 9.59 Å². The van der Waals surface area contributed by atoms with E-state index >= 15 is 0 Å². The first kappa shape index (κ1) is 27.2. The van der Waals surface area contributed by atoms with Crippen molar-refractivity contribution in [3.05, 3.63) is 94.5 Å². The Morgan fingerprint density at radius 1 is 1.00 bits per heavy atom. The van der Waals surface area contributed by atoms with Crippen molar-refractivity contribution < 1.29 is 35.9 Å². The standard InChI is InChI=1S/C25H21ClF3NO5S/c1-16-7-10-19(11-8-16)36(33,34)14-13-22(31)35-23(17-5-3-2-4-6-17)24(32)30-18-9-12-21(26)20(15-18)25(27,28)29/h2-12,15,23H,13-14H2,1H3,(H,30,32). The predicted octanol–water partition coefficient (Wildman–Crippen LogP) is 5.75. The molecule has 0 spiro atoms. The van der Waals surface area contributed by atoms with Gasteiger partial charge >= 0.3 is 12.1 Å². The fraction of sp³-hybridized carbons (Fsp3) is 0.200. The lowest BCUT2D eigenvalue weighted by Crippen LogP contribution is -2.26. The number of aryl methyl sites for hydroxylation is 1. The first-order chi connectivity index (χ1) is 16.9. The van der Waals surface area contributed by atoms with Crippen LogP contribution in [0, 0.1) is 6.92 Å². The van der Waals surface area contributed by atoms with Gasteiger partial charge in [0.25, 0.3) is 5.91 Å². The van der Waals surface area contributed by atoms with Crippen LogP contribution < -0.4 is 5.32 Å². The highest BCUT2D eigenvalue weighted by molar-refractivity contribution is 7.91. The van der Waals surface area contributed by atoms with Crippen LogP contribution >= 0.6 is 11.6 Å². The van der Waals surface area contributed by atoms with Crippen LogP contribution in [-0.2, 0) is 30.3 Å². The quantitative estimate of drug-likeness (QED) is 0.368. The Hall–Kier alpha value is -3.37. The average molecular weight is 540 g/mol. The summed E-state index contributed by atoms with van der Waals surface area (Å²) in [5, 5.41) is 1.76. The summed E-state index contributed by atoms with van der Waals surface area (Å²) in [4.78, 5) is 25.5. The minimum atomic E-state index is -4.74. The maximum atomic E-state index is 13.2. The van der Waals surface area contributed by atoms with E-state index in [2.05, 4.69) is 5.32 Å². The van der Waals surface area contributed by atoms with E-state index in [9.17, 15) is 31.2 Å². The maximum Gasteiger partial charge on any atom is 0.417 e. The number of amides is 1. The zero-order valence-corrected chi connectivity index (χ0v) is 20.5. The van der Waals surface area contributed by atoms with Gasteiger partial charge in [-0.05, 0) is 37.3 Å². The molecule has 3 aromatic carbocycles. The third kappa shape index (κ3) is 7.08. The van der Waals surface area contributed by atoms with Gasteiger partial charge in [-0.1, -0.05) is 59.6 Å². The molecule has 1 unspecified atom stereocenters. The Morgan fingerprint density at radius 2 is 1.64 bits per heavy atom. The lowest BCUT2D eigenvalue weighted by Gasteiger charge is -2.19. The highest BCUT2D eigenvalue weighted by atomic mass is 35.5. The van der Waals surface area contributed by atoms with E-state index in [0.29, 0.717) is 6.07 Å². The van der Waals surface area contributed by atoms with Crippen molar-refractivity contribution in [1.82, 2.24) is 0 Å². The van der Waals surface area contributed by atoms with Crippen molar-refractivity contribution in [2.75, 3.05) is 11.1 Å². The van der Waals surface area contributed by atoms with Crippen molar-refractivity contribution in [2.24, 2.45) is 0 Å². The van der Waals surface area contributed by atoms with Crippen LogP contribution in [-0.4, -0.2) is 26.0 Å². The second-order valence-corrected chi connectivity index (χ2v) is 10.4. The van der Waals surface area contributed by atoms with E-state index in [4.69, 9.17) is 16.3 Å². The molecule has 36 heavy (non-hydrogen) atoms. The number of carbonyl (C=O) groups is 2. The topological polar surface area (TPSA) is 89.5 Å². The molecule has 0 aromatic heterocycles. The molecule has 1 amide bonds. The molecule has 0 aliphatic heterocycles. The molecule has 3 aromatic rings. The normalized spacial score (nSPS) is 12.6. The SMILES string of the molecule is Cc1ccc(S(=O)(=O)CCC(=O)OC(C(=O)Nc2ccc(Cl)c(C(F)(F)F)c2)c2ccccc2)cc1. The second kappa shape index (κ2) is 11.1. The summed E-state index contributed by atoms with van der Waals surface area (Å²) in [5.74, 6) is -2.45. The van der Waals surface area contributed by atoms with Gasteiger partial charge in [-0.2, -0.15) is 13.2 Å². The summed E-state index contributed by atoms with van der Waals surface area (Å²) in [6.07, 6.45) is -6.82. The van der Waals surface area contributed by atoms with Crippen LogP contribution in [0.4, 0.5) is 18.9 Å². The summed E-state index contributed by atoms with van der Waals surface area (Å²) >= 11 is 5.62. The van der Waals surface area contributed by atoms with Crippen LogP contribution in [0.15, 0.2) is 77.7 Å². The van der Waals surface area contributed by atoms with Crippen molar-refractivity contribution in [3.8, 4) is 0 Å².